The normalized spacial score (nSPS) is 16.3. The molecule has 1 aliphatic heterocycles. The zero-order chi connectivity index (χ0) is 16.8. The van der Waals surface area contributed by atoms with Gasteiger partial charge in [-0.25, -0.2) is 14.5 Å². The van der Waals surface area contributed by atoms with Gasteiger partial charge >= 0.3 is 6.03 Å². The van der Waals surface area contributed by atoms with E-state index in [4.69, 9.17) is 0 Å². The van der Waals surface area contributed by atoms with Crippen molar-refractivity contribution in [2.24, 2.45) is 0 Å². The lowest BCUT2D eigenvalue weighted by Crippen LogP contribution is -2.39. The Morgan fingerprint density at radius 3 is 2.96 bits per heavy atom. The fourth-order valence-corrected chi connectivity index (χ4v) is 2.83. The third kappa shape index (κ3) is 4.04. The van der Waals surface area contributed by atoms with Crippen LogP contribution in [-0.2, 0) is 13.1 Å². The molecule has 2 aromatic rings. The lowest BCUT2D eigenvalue weighted by Gasteiger charge is -2.23. The zero-order valence-electron chi connectivity index (χ0n) is 14.0. The second-order valence-electron chi connectivity index (χ2n) is 5.99. The largest absolute Gasteiger partial charge is 0.385 e. The summed E-state index contributed by atoms with van der Waals surface area (Å²) in [6.07, 6.45) is 4.53. The Bertz CT molecular complexity index is 666. The van der Waals surface area contributed by atoms with Crippen molar-refractivity contribution in [2.75, 3.05) is 11.9 Å². The molecule has 1 aromatic carbocycles. The number of nitrogens with one attached hydrogen (secondary N) is 3. The predicted molar refractivity (Wildman–Crippen MR) is 92.6 cm³/mol. The van der Waals surface area contributed by atoms with Crippen LogP contribution in [0.4, 0.5) is 10.5 Å². The van der Waals surface area contributed by atoms with Crippen molar-refractivity contribution in [1.82, 2.24) is 25.4 Å². The number of amides is 2. The van der Waals surface area contributed by atoms with Crippen LogP contribution in [0.3, 0.4) is 0 Å². The molecule has 2 heterocycles. The van der Waals surface area contributed by atoms with Crippen LogP contribution in [0.1, 0.15) is 43.6 Å². The van der Waals surface area contributed by atoms with Crippen LogP contribution in [0.2, 0.25) is 0 Å². The van der Waals surface area contributed by atoms with Gasteiger partial charge in [0.25, 0.3) is 0 Å². The van der Waals surface area contributed by atoms with Crippen LogP contribution in [0.5, 0.6) is 0 Å². The van der Waals surface area contributed by atoms with E-state index in [9.17, 15) is 4.79 Å². The van der Waals surface area contributed by atoms with E-state index in [0.717, 1.165) is 49.4 Å². The maximum Gasteiger partial charge on any atom is 0.315 e. The Kier molecular flexibility index (Phi) is 5.30. The molecule has 1 aliphatic rings. The fraction of sp³-hybridized carbons (Fsp3) is 0.471. The van der Waals surface area contributed by atoms with Gasteiger partial charge in [0.05, 0.1) is 6.04 Å². The van der Waals surface area contributed by atoms with Gasteiger partial charge in [-0.15, -0.1) is 0 Å². The summed E-state index contributed by atoms with van der Waals surface area (Å²) in [4.78, 5) is 16.4. The van der Waals surface area contributed by atoms with E-state index in [0.29, 0.717) is 6.54 Å². The molecule has 1 atom stereocenters. The topological polar surface area (TPSA) is 83.9 Å². The van der Waals surface area contributed by atoms with Crippen LogP contribution >= 0.6 is 0 Å². The lowest BCUT2D eigenvalue weighted by atomic mass is 10.1. The van der Waals surface area contributed by atoms with Crippen molar-refractivity contribution in [3.63, 3.8) is 0 Å². The number of urea groups is 1. The zero-order valence-corrected chi connectivity index (χ0v) is 14.0. The number of anilines is 1. The highest BCUT2D eigenvalue weighted by Gasteiger charge is 2.23. The summed E-state index contributed by atoms with van der Waals surface area (Å²) < 4.78 is 1.86. The van der Waals surface area contributed by atoms with Gasteiger partial charge in [0.15, 0.2) is 0 Å². The van der Waals surface area contributed by atoms with E-state index in [2.05, 4.69) is 33.0 Å². The standard InChI is InChI=1S/C17H24N6O/c1-2-9-18-14-7-5-13(6-8-14)11-19-17(24)22-15-4-3-10-23-16(15)20-12-21-23/h5-8,12,15,18H,2-4,9-11H2,1H3,(H2,19,22,24). The molecule has 3 N–H and O–H groups in total. The average Bonchev–Trinajstić information content (AvgIpc) is 3.09. The molecule has 0 fully saturated rings. The Labute approximate surface area is 141 Å². The number of aromatic nitrogens is 3. The Balaban J connectivity index is 1.48. The highest BCUT2D eigenvalue weighted by atomic mass is 16.2. The molecule has 7 nitrogen and oxygen atoms in total. The quantitative estimate of drug-likeness (QED) is 0.760. The van der Waals surface area contributed by atoms with E-state index >= 15 is 0 Å². The summed E-state index contributed by atoms with van der Waals surface area (Å²) in [6.45, 7) is 4.47. The average molecular weight is 328 g/mol. The number of hydrogen-bond acceptors (Lipinski definition) is 4. The summed E-state index contributed by atoms with van der Waals surface area (Å²) in [7, 11) is 0. The molecule has 24 heavy (non-hydrogen) atoms. The molecule has 1 unspecified atom stereocenters. The van der Waals surface area contributed by atoms with Crippen LogP contribution in [0.15, 0.2) is 30.6 Å². The summed E-state index contributed by atoms with van der Waals surface area (Å²) >= 11 is 0. The third-order valence-electron chi connectivity index (χ3n) is 4.11. The highest BCUT2D eigenvalue weighted by molar-refractivity contribution is 5.74. The van der Waals surface area contributed by atoms with Gasteiger partial charge in [0, 0.05) is 25.3 Å². The van der Waals surface area contributed by atoms with Gasteiger partial charge in [-0.1, -0.05) is 19.1 Å². The summed E-state index contributed by atoms with van der Waals surface area (Å²) in [5.41, 5.74) is 2.17. The van der Waals surface area contributed by atoms with Crippen molar-refractivity contribution >= 4 is 11.7 Å². The molecule has 0 spiro atoms. The van der Waals surface area contributed by atoms with Gasteiger partial charge in [-0.2, -0.15) is 5.10 Å². The molecule has 0 saturated carbocycles. The number of aryl methyl sites for hydroxylation is 1. The molecule has 3 rings (SSSR count). The maximum absolute atomic E-state index is 12.1. The molecular formula is C17H24N6O. The Morgan fingerprint density at radius 1 is 1.33 bits per heavy atom. The number of carbonyl (C=O) groups excluding carboxylic acids is 1. The van der Waals surface area contributed by atoms with Crippen LogP contribution < -0.4 is 16.0 Å². The third-order valence-corrected chi connectivity index (χ3v) is 4.11. The number of nitrogens with zero attached hydrogens (tertiary/aromatic N) is 3. The van der Waals surface area contributed by atoms with Crippen molar-refractivity contribution in [3.05, 3.63) is 42.0 Å². The first-order chi connectivity index (χ1) is 11.8. The van der Waals surface area contributed by atoms with Crippen molar-refractivity contribution in [3.8, 4) is 0 Å². The van der Waals surface area contributed by atoms with Crippen molar-refractivity contribution < 1.29 is 4.79 Å². The van der Waals surface area contributed by atoms with E-state index in [1.165, 1.54) is 0 Å². The molecule has 0 aliphatic carbocycles. The van der Waals surface area contributed by atoms with Crippen molar-refractivity contribution in [1.29, 1.82) is 0 Å². The molecule has 0 saturated heterocycles. The van der Waals surface area contributed by atoms with Gasteiger partial charge in [0.1, 0.15) is 12.2 Å². The first-order valence-corrected chi connectivity index (χ1v) is 8.51. The van der Waals surface area contributed by atoms with E-state index in [1.807, 2.05) is 28.9 Å². The lowest BCUT2D eigenvalue weighted by molar-refractivity contribution is 0.232. The van der Waals surface area contributed by atoms with Gasteiger partial charge in [-0.3, -0.25) is 0 Å². The molecular weight excluding hydrogens is 304 g/mol. The smallest absolute Gasteiger partial charge is 0.315 e. The van der Waals surface area contributed by atoms with Crippen LogP contribution in [0, 0.1) is 0 Å². The molecule has 7 heteroatoms. The number of benzene rings is 1. The van der Waals surface area contributed by atoms with E-state index in [-0.39, 0.29) is 12.1 Å². The molecule has 0 bridgehead atoms. The second kappa shape index (κ2) is 7.81. The minimum absolute atomic E-state index is 0.0677. The Morgan fingerprint density at radius 2 is 2.17 bits per heavy atom. The molecule has 0 radical (unpaired) electrons. The second-order valence-corrected chi connectivity index (χ2v) is 5.99. The van der Waals surface area contributed by atoms with Crippen LogP contribution in [-0.4, -0.2) is 27.3 Å². The summed E-state index contributed by atoms with van der Waals surface area (Å²) in [5.74, 6) is 0.836. The fourth-order valence-electron chi connectivity index (χ4n) is 2.83. The molecule has 1 aromatic heterocycles. The van der Waals surface area contributed by atoms with E-state index in [1.54, 1.807) is 6.33 Å². The number of rotatable bonds is 6. The number of hydrogen-bond donors (Lipinski definition) is 3. The highest BCUT2D eigenvalue weighted by Crippen LogP contribution is 2.21. The van der Waals surface area contributed by atoms with E-state index < -0.39 is 0 Å². The number of fused-ring (bicyclic) bond motifs is 1. The molecule has 2 amide bonds. The Hall–Kier alpha value is -2.57. The van der Waals surface area contributed by atoms with Gasteiger partial charge < -0.3 is 16.0 Å². The minimum Gasteiger partial charge on any atom is -0.385 e. The monoisotopic (exact) mass is 328 g/mol. The first kappa shape index (κ1) is 16.3. The SMILES string of the molecule is CCCNc1ccc(CNC(=O)NC2CCCn3ncnc32)cc1. The van der Waals surface area contributed by atoms with Gasteiger partial charge in [0.2, 0.25) is 0 Å². The maximum atomic E-state index is 12.1. The van der Waals surface area contributed by atoms with Crippen molar-refractivity contribution in [2.45, 2.75) is 45.3 Å². The first-order valence-electron chi connectivity index (χ1n) is 8.51. The summed E-state index contributed by atoms with van der Waals surface area (Å²) in [6, 6.07) is 7.87. The van der Waals surface area contributed by atoms with Gasteiger partial charge in [-0.05, 0) is 37.0 Å². The summed E-state index contributed by atoms with van der Waals surface area (Å²) in [5, 5.41) is 13.4. The predicted octanol–water partition coefficient (Wildman–Crippen LogP) is 2.43. The molecule has 128 valence electrons. The minimum atomic E-state index is -0.176. The number of carbonyl (C=O) groups is 1. The van der Waals surface area contributed by atoms with Crippen LogP contribution in [0.25, 0.3) is 0 Å².